The minimum Gasteiger partial charge on any atom is -0.484 e. The molecule has 0 saturated carbocycles. The van der Waals surface area contributed by atoms with E-state index in [0.29, 0.717) is 18.9 Å². The highest BCUT2D eigenvalue weighted by Crippen LogP contribution is 2.22. The molecule has 6 heteroatoms. The van der Waals surface area contributed by atoms with Crippen LogP contribution in [-0.4, -0.2) is 51.8 Å². The van der Waals surface area contributed by atoms with Gasteiger partial charge in [-0.3, -0.25) is 4.79 Å². The Bertz CT molecular complexity index is 438. The Hall–Kier alpha value is -1.11. The van der Waals surface area contributed by atoms with Gasteiger partial charge in [0.1, 0.15) is 5.75 Å². The fraction of sp³-hybridized carbons (Fsp3) is 0.500. The molecule has 0 bridgehead atoms. The van der Waals surface area contributed by atoms with Gasteiger partial charge in [0, 0.05) is 38.8 Å². The third kappa shape index (κ3) is 5.90. The summed E-state index contributed by atoms with van der Waals surface area (Å²) in [6.45, 7) is 2.21. The Morgan fingerprint density at radius 2 is 2.15 bits per heavy atom. The van der Waals surface area contributed by atoms with Crippen LogP contribution in [0.1, 0.15) is 5.56 Å². The molecule has 0 saturated heterocycles. The van der Waals surface area contributed by atoms with E-state index >= 15 is 0 Å². The molecule has 112 valence electrons. The normalized spacial score (nSPS) is 10.4. The van der Waals surface area contributed by atoms with Crippen molar-refractivity contribution >= 4 is 21.8 Å². The van der Waals surface area contributed by atoms with Gasteiger partial charge in [0.05, 0.1) is 6.61 Å². The van der Waals surface area contributed by atoms with Crippen LogP contribution >= 0.6 is 15.9 Å². The van der Waals surface area contributed by atoms with Crippen molar-refractivity contribution in [2.75, 3.05) is 41.0 Å². The number of halogens is 1. The lowest BCUT2D eigenvalue weighted by Gasteiger charge is -2.13. The zero-order chi connectivity index (χ0) is 15.0. The first kappa shape index (κ1) is 16.9. The molecule has 0 aliphatic rings. The number of nitrogens with zero attached hydrogens (tertiary/aromatic N) is 1. The van der Waals surface area contributed by atoms with E-state index in [-0.39, 0.29) is 12.5 Å². The summed E-state index contributed by atoms with van der Waals surface area (Å²) in [5.41, 5.74) is 1.08. The van der Waals surface area contributed by atoms with E-state index in [0.717, 1.165) is 16.6 Å². The van der Waals surface area contributed by atoms with Crippen LogP contribution < -0.4 is 10.1 Å². The number of hydrogen-bond acceptors (Lipinski definition) is 4. The number of benzene rings is 1. The number of hydrogen-bond donors (Lipinski definition) is 1. The summed E-state index contributed by atoms with van der Waals surface area (Å²) in [6, 6.07) is 5.68. The number of carbonyl (C=O) groups is 1. The molecule has 20 heavy (non-hydrogen) atoms. The molecule has 0 atom stereocenters. The van der Waals surface area contributed by atoms with Crippen molar-refractivity contribution in [3.8, 4) is 5.75 Å². The van der Waals surface area contributed by atoms with Crippen LogP contribution in [0.2, 0.25) is 0 Å². The molecule has 1 N–H and O–H groups in total. The molecule has 1 aromatic rings. The van der Waals surface area contributed by atoms with Gasteiger partial charge in [-0.1, -0.05) is 15.9 Å². The van der Waals surface area contributed by atoms with Gasteiger partial charge in [-0.2, -0.15) is 0 Å². The Morgan fingerprint density at radius 3 is 2.80 bits per heavy atom. The molecule has 0 spiro atoms. The summed E-state index contributed by atoms with van der Waals surface area (Å²) in [5, 5.41) is 3.27. The average molecular weight is 345 g/mol. The largest absolute Gasteiger partial charge is 0.484 e. The van der Waals surface area contributed by atoms with Gasteiger partial charge in [0.2, 0.25) is 0 Å². The fourth-order valence-electron chi connectivity index (χ4n) is 1.45. The maximum atomic E-state index is 11.5. The molecule has 1 aromatic carbocycles. The smallest absolute Gasteiger partial charge is 0.259 e. The number of ether oxygens (including phenoxy) is 2. The fourth-order valence-corrected chi connectivity index (χ4v) is 1.83. The lowest BCUT2D eigenvalue weighted by atomic mass is 10.2. The predicted molar refractivity (Wildman–Crippen MR) is 81.9 cm³/mol. The highest BCUT2D eigenvalue weighted by atomic mass is 79.9. The number of likely N-dealkylation sites (N-methyl/N-ethyl adjacent to an activating group) is 1. The van der Waals surface area contributed by atoms with Crippen LogP contribution in [0.5, 0.6) is 5.75 Å². The molecule has 1 rings (SSSR count). The monoisotopic (exact) mass is 344 g/mol. The van der Waals surface area contributed by atoms with E-state index in [1.807, 2.05) is 18.2 Å². The van der Waals surface area contributed by atoms with Gasteiger partial charge in [-0.15, -0.1) is 0 Å². The third-order valence-corrected chi connectivity index (χ3v) is 3.45. The van der Waals surface area contributed by atoms with Crippen molar-refractivity contribution in [2.24, 2.45) is 0 Å². The standard InChI is InChI=1S/C14H21BrN2O3/c1-17(2)14(18)10-20-12-4-5-13(15)11(8-12)9-16-6-7-19-3/h4-5,8,16H,6-7,9-10H2,1-3H3. The quantitative estimate of drug-likeness (QED) is 0.728. The zero-order valence-electron chi connectivity index (χ0n) is 12.1. The highest BCUT2D eigenvalue weighted by Gasteiger charge is 2.07. The first-order valence-electron chi connectivity index (χ1n) is 6.35. The van der Waals surface area contributed by atoms with Crippen molar-refractivity contribution in [2.45, 2.75) is 6.54 Å². The molecule has 0 aromatic heterocycles. The lowest BCUT2D eigenvalue weighted by Crippen LogP contribution is -2.27. The first-order valence-corrected chi connectivity index (χ1v) is 7.15. The number of rotatable bonds is 8. The molecule has 0 heterocycles. The van der Waals surface area contributed by atoms with Crippen LogP contribution in [0.3, 0.4) is 0 Å². The maximum Gasteiger partial charge on any atom is 0.259 e. The van der Waals surface area contributed by atoms with Crippen LogP contribution in [0.15, 0.2) is 22.7 Å². The van der Waals surface area contributed by atoms with Crippen LogP contribution in [-0.2, 0) is 16.1 Å². The second-order valence-electron chi connectivity index (χ2n) is 4.50. The van der Waals surface area contributed by atoms with E-state index < -0.39 is 0 Å². The van der Waals surface area contributed by atoms with Gasteiger partial charge in [-0.25, -0.2) is 0 Å². The second kappa shape index (κ2) is 8.94. The summed E-state index contributed by atoms with van der Waals surface area (Å²) in [6.07, 6.45) is 0. The molecule has 0 aliphatic heterocycles. The lowest BCUT2D eigenvalue weighted by molar-refractivity contribution is -0.130. The van der Waals surface area contributed by atoms with Gasteiger partial charge < -0.3 is 19.7 Å². The summed E-state index contributed by atoms with van der Waals surface area (Å²) in [4.78, 5) is 13.0. The molecule has 0 unspecified atom stereocenters. The topological polar surface area (TPSA) is 50.8 Å². The number of carbonyl (C=O) groups excluding carboxylic acids is 1. The summed E-state index contributed by atoms with van der Waals surface area (Å²) >= 11 is 3.50. The average Bonchev–Trinajstić information content (AvgIpc) is 2.43. The predicted octanol–water partition coefficient (Wildman–Crippen LogP) is 1.65. The minimum absolute atomic E-state index is 0.0468. The highest BCUT2D eigenvalue weighted by molar-refractivity contribution is 9.10. The van der Waals surface area contributed by atoms with E-state index in [9.17, 15) is 4.79 Å². The molecular formula is C14H21BrN2O3. The SMILES string of the molecule is COCCNCc1cc(OCC(=O)N(C)C)ccc1Br. The van der Waals surface area contributed by atoms with Gasteiger partial charge >= 0.3 is 0 Å². The van der Waals surface area contributed by atoms with E-state index in [1.165, 1.54) is 4.90 Å². The second-order valence-corrected chi connectivity index (χ2v) is 5.35. The third-order valence-electron chi connectivity index (χ3n) is 2.68. The molecular weight excluding hydrogens is 324 g/mol. The van der Waals surface area contributed by atoms with Gasteiger partial charge in [0.25, 0.3) is 5.91 Å². The van der Waals surface area contributed by atoms with E-state index in [1.54, 1.807) is 21.2 Å². The Labute approximate surface area is 128 Å². The van der Waals surface area contributed by atoms with Crippen LogP contribution in [0.25, 0.3) is 0 Å². The van der Waals surface area contributed by atoms with Crippen LogP contribution in [0, 0.1) is 0 Å². The van der Waals surface area contributed by atoms with E-state index in [2.05, 4.69) is 21.2 Å². The van der Waals surface area contributed by atoms with Crippen molar-refractivity contribution in [3.05, 3.63) is 28.2 Å². The van der Waals surface area contributed by atoms with Gasteiger partial charge in [-0.05, 0) is 23.8 Å². The summed E-state index contributed by atoms with van der Waals surface area (Å²) < 4.78 is 11.5. The van der Waals surface area contributed by atoms with Crippen molar-refractivity contribution in [1.29, 1.82) is 0 Å². The molecule has 0 aliphatic carbocycles. The van der Waals surface area contributed by atoms with Crippen molar-refractivity contribution < 1.29 is 14.3 Å². The number of methoxy groups -OCH3 is 1. The molecule has 1 amide bonds. The van der Waals surface area contributed by atoms with E-state index in [4.69, 9.17) is 9.47 Å². The van der Waals surface area contributed by atoms with Gasteiger partial charge in [0.15, 0.2) is 6.61 Å². The van der Waals surface area contributed by atoms with Crippen molar-refractivity contribution in [1.82, 2.24) is 10.2 Å². The van der Waals surface area contributed by atoms with Crippen molar-refractivity contribution in [3.63, 3.8) is 0 Å². The first-order chi connectivity index (χ1) is 9.54. The summed E-state index contributed by atoms with van der Waals surface area (Å²) in [7, 11) is 5.09. The minimum atomic E-state index is -0.0623. The zero-order valence-corrected chi connectivity index (χ0v) is 13.7. The Morgan fingerprint density at radius 1 is 1.40 bits per heavy atom. The Balaban J connectivity index is 2.54. The van der Waals surface area contributed by atoms with Crippen LogP contribution in [0.4, 0.5) is 0 Å². The maximum absolute atomic E-state index is 11.5. The number of nitrogens with one attached hydrogen (secondary N) is 1. The molecule has 0 fully saturated rings. The molecule has 5 nitrogen and oxygen atoms in total. The Kier molecular flexibility index (Phi) is 7.58. The summed E-state index contributed by atoms with van der Waals surface area (Å²) in [5.74, 6) is 0.625. The molecule has 0 radical (unpaired) electrons. The number of amides is 1.